The monoisotopic (exact) mass is 340 g/mol. The van der Waals surface area contributed by atoms with Crippen molar-refractivity contribution in [3.8, 4) is 5.75 Å². The van der Waals surface area contributed by atoms with Crippen molar-refractivity contribution in [3.63, 3.8) is 0 Å². The molecule has 0 aromatic heterocycles. The van der Waals surface area contributed by atoms with E-state index >= 15 is 0 Å². The number of hydrogen-bond donors (Lipinski definition) is 2. The van der Waals surface area contributed by atoms with E-state index in [2.05, 4.69) is 43.5 Å². The SMILES string of the molecule is CCCCOc1cccc(NC(=O)CNc2c(C)cccc2CC)c1. The number of unbranched alkanes of at least 4 members (excludes halogenated alkanes) is 1. The van der Waals surface area contributed by atoms with Gasteiger partial charge in [-0.1, -0.05) is 44.5 Å². The first-order valence-corrected chi connectivity index (χ1v) is 8.99. The van der Waals surface area contributed by atoms with E-state index in [4.69, 9.17) is 4.74 Å². The Morgan fingerprint density at radius 1 is 1.12 bits per heavy atom. The third-order valence-corrected chi connectivity index (χ3v) is 4.05. The molecule has 25 heavy (non-hydrogen) atoms. The topological polar surface area (TPSA) is 50.4 Å². The highest BCUT2D eigenvalue weighted by Gasteiger charge is 2.07. The molecule has 0 aliphatic rings. The summed E-state index contributed by atoms with van der Waals surface area (Å²) in [7, 11) is 0. The maximum Gasteiger partial charge on any atom is 0.243 e. The number of rotatable bonds is 9. The lowest BCUT2D eigenvalue weighted by molar-refractivity contribution is -0.114. The summed E-state index contributed by atoms with van der Waals surface area (Å²) in [4.78, 5) is 12.3. The summed E-state index contributed by atoms with van der Waals surface area (Å²) in [5.74, 6) is 0.711. The molecule has 0 heterocycles. The van der Waals surface area contributed by atoms with Gasteiger partial charge in [0.05, 0.1) is 13.2 Å². The summed E-state index contributed by atoms with van der Waals surface area (Å²) in [5.41, 5.74) is 4.18. The summed E-state index contributed by atoms with van der Waals surface area (Å²) < 4.78 is 5.68. The fourth-order valence-electron chi connectivity index (χ4n) is 2.65. The minimum Gasteiger partial charge on any atom is -0.494 e. The number of aryl methyl sites for hydroxylation is 2. The molecule has 0 bridgehead atoms. The quantitative estimate of drug-likeness (QED) is 0.646. The van der Waals surface area contributed by atoms with Gasteiger partial charge in [0.1, 0.15) is 5.75 Å². The minimum atomic E-state index is -0.0731. The number of hydrogen-bond acceptors (Lipinski definition) is 3. The molecule has 2 aromatic rings. The van der Waals surface area contributed by atoms with Crippen LogP contribution in [0.5, 0.6) is 5.75 Å². The maximum absolute atomic E-state index is 12.3. The summed E-state index contributed by atoms with van der Waals surface area (Å²) >= 11 is 0. The zero-order valence-electron chi connectivity index (χ0n) is 15.4. The van der Waals surface area contributed by atoms with Crippen LogP contribution in [0.4, 0.5) is 11.4 Å². The van der Waals surface area contributed by atoms with Crippen molar-refractivity contribution in [2.75, 3.05) is 23.8 Å². The highest BCUT2D eigenvalue weighted by atomic mass is 16.5. The van der Waals surface area contributed by atoms with Crippen molar-refractivity contribution in [1.29, 1.82) is 0 Å². The third kappa shape index (κ3) is 5.82. The molecule has 134 valence electrons. The van der Waals surface area contributed by atoms with E-state index in [1.54, 1.807) is 0 Å². The molecule has 0 unspecified atom stereocenters. The summed E-state index contributed by atoms with van der Waals surface area (Å²) in [6, 6.07) is 13.7. The molecule has 0 aliphatic heterocycles. The fraction of sp³-hybridized carbons (Fsp3) is 0.381. The lowest BCUT2D eigenvalue weighted by Crippen LogP contribution is -2.22. The smallest absolute Gasteiger partial charge is 0.243 e. The number of anilines is 2. The molecule has 4 heteroatoms. The molecule has 0 saturated carbocycles. The van der Waals surface area contributed by atoms with Gasteiger partial charge in [-0.3, -0.25) is 4.79 Å². The molecular weight excluding hydrogens is 312 g/mol. The van der Waals surface area contributed by atoms with Crippen molar-refractivity contribution < 1.29 is 9.53 Å². The van der Waals surface area contributed by atoms with Crippen LogP contribution in [0.2, 0.25) is 0 Å². The van der Waals surface area contributed by atoms with Crippen LogP contribution in [0, 0.1) is 6.92 Å². The van der Waals surface area contributed by atoms with Gasteiger partial charge in [0.15, 0.2) is 0 Å². The number of ether oxygens (including phenoxy) is 1. The Kier molecular flexibility index (Phi) is 7.33. The lowest BCUT2D eigenvalue weighted by Gasteiger charge is -2.14. The average Bonchev–Trinajstić information content (AvgIpc) is 2.61. The van der Waals surface area contributed by atoms with Gasteiger partial charge in [-0.2, -0.15) is 0 Å². The van der Waals surface area contributed by atoms with Crippen molar-refractivity contribution in [2.45, 2.75) is 40.0 Å². The Morgan fingerprint density at radius 2 is 1.92 bits per heavy atom. The largest absolute Gasteiger partial charge is 0.494 e. The van der Waals surface area contributed by atoms with Gasteiger partial charge in [-0.25, -0.2) is 0 Å². The van der Waals surface area contributed by atoms with Crippen LogP contribution in [-0.4, -0.2) is 19.1 Å². The number of nitrogens with one attached hydrogen (secondary N) is 2. The van der Waals surface area contributed by atoms with Crippen LogP contribution in [0.15, 0.2) is 42.5 Å². The summed E-state index contributed by atoms with van der Waals surface area (Å²) in [5, 5.41) is 6.18. The average molecular weight is 340 g/mol. The Bertz CT molecular complexity index is 698. The van der Waals surface area contributed by atoms with E-state index in [1.165, 1.54) is 5.56 Å². The molecule has 1 amide bonds. The number of carbonyl (C=O) groups is 1. The second-order valence-electron chi connectivity index (χ2n) is 6.09. The van der Waals surface area contributed by atoms with Crippen molar-refractivity contribution in [1.82, 2.24) is 0 Å². The van der Waals surface area contributed by atoms with Crippen LogP contribution < -0.4 is 15.4 Å². The van der Waals surface area contributed by atoms with Crippen LogP contribution in [0.25, 0.3) is 0 Å². The highest BCUT2D eigenvalue weighted by Crippen LogP contribution is 2.21. The van der Waals surface area contributed by atoms with Crippen LogP contribution in [0.3, 0.4) is 0 Å². The Hall–Kier alpha value is -2.49. The van der Waals surface area contributed by atoms with E-state index < -0.39 is 0 Å². The molecule has 2 N–H and O–H groups in total. The second kappa shape index (κ2) is 9.72. The summed E-state index contributed by atoms with van der Waals surface area (Å²) in [6.07, 6.45) is 3.06. The zero-order chi connectivity index (χ0) is 18.1. The van der Waals surface area contributed by atoms with Crippen LogP contribution in [-0.2, 0) is 11.2 Å². The molecule has 0 spiro atoms. The minimum absolute atomic E-state index is 0.0731. The van der Waals surface area contributed by atoms with Crippen molar-refractivity contribution in [2.24, 2.45) is 0 Å². The first kappa shape index (κ1) is 18.8. The van der Waals surface area contributed by atoms with E-state index in [9.17, 15) is 4.79 Å². The Labute approximate surface area is 150 Å². The van der Waals surface area contributed by atoms with Crippen molar-refractivity contribution >= 4 is 17.3 Å². The normalized spacial score (nSPS) is 10.4. The predicted molar refractivity (Wildman–Crippen MR) is 105 cm³/mol. The highest BCUT2D eigenvalue weighted by molar-refractivity contribution is 5.94. The Morgan fingerprint density at radius 3 is 2.68 bits per heavy atom. The van der Waals surface area contributed by atoms with E-state index in [-0.39, 0.29) is 12.5 Å². The van der Waals surface area contributed by atoms with Gasteiger partial charge < -0.3 is 15.4 Å². The zero-order valence-corrected chi connectivity index (χ0v) is 15.4. The van der Waals surface area contributed by atoms with Gasteiger partial charge >= 0.3 is 0 Å². The lowest BCUT2D eigenvalue weighted by atomic mass is 10.1. The van der Waals surface area contributed by atoms with Gasteiger partial charge in [-0.15, -0.1) is 0 Å². The fourth-order valence-corrected chi connectivity index (χ4v) is 2.65. The number of amides is 1. The van der Waals surface area contributed by atoms with Gasteiger partial charge in [0.25, 0.3) is 0 Å². The molecule has 2 rings (SSSR count). The van der Waals surface area contributed by atoms with Gasteiger partial charge in [0, 0.05) is 17.4 Å². The standard InChI is InChI=1S/C21H28N2O2/c1-4-6-13-25-19-12-8-11-18(14-19)23-20(24)15-22-21-16(3)9-7-10-17(21)5-2/h7-12,14,22H,4-6,13,15H2,1-3H3,(H,23,24). The first-order valence-electron chi connectivity index (χ1n) is 8.99. The van der Waals surface area contributed by atoms with E-state index in [0.29, 0.717) is 6.61 Å². The molecular formula is C21H28N2O2. The number of para-hydroxylation sites is 1. The van der Waals surface area contributed by atoms with E-state index in [0.717, 1.165) is 42.0 Å². The van der Waals surface area contributed by atoms with Gasteiger partial charge in [0.2, 0.25) is 5.91 Å². The first-order chi connectivity index (χ1) is 12.1. The van der Waals surface area contributed by atoms with Crippen LogP contribution >= 0.6 is 0 Å². The third-order valence-electron chi connectivity index (χ3n) is 4.05. The molecule has 0 radical (unpaired) electrons. The van der Waals surface area contributed by atoms with Crippen LogP contribution in [0.1, 0.15) is 37.8 Å². The molecule has 2 aromatic carbocycles. The molecule has 0 atom stereocenters. The second-order valence-corrected chi connectivity index (χ2v) is 6.09. The Balaban J connectivity index is 1.91. The van der Waals surface area contributed by atoms with Crippen molar-refractivity contribution in [3.05, 3.63) is 53.6 Å². The number of benzene rings is 2. The van der Waals surface area contributed by atoms with E-state index in [1.807, 2.05) is 30.3 Å². The molecule has 0 aliphatic carbocycles. The van der Waals surface area contributed by atoms with Gasteiger partial charge in [-0.05, 0) is 43.0 Å². The molecule has 0 fully saturated rings. The molecule has 0 saturated heterocycles. The number of carbonyl (C=O) groups excluding carboxylic acids is 1. The summed E-state index contributed by atoms with van der Waals surface area (Å²) in [6.45, 7) is 7.23. The maximum atomic E-state index is 12.3. The molecule has 4 nitrogen and oxygen atoms in total. The predicted octanol–water partition coefficient (Wildman–Crippen LogP) is 4.79.